The third-order valence-electron chi connectivity index (χ3n) is 2.79. The van der Waals surface area contributed by atoms with E-state index >= 15 is 0 Å². The van der Waals surface area contributed by atoms with Crippen LogP contribution >= 0.6 is 11.3 Å². The fourth-order valence-electron chi connectivity index (χ4n) is 1.75. The minimum atomic E-state index is 0.579. The lowest BCUT2D eigenvalue weighted by Crippen LogP contribution is -1.99. The summed E-state index contributed by atoms with van der Waals surface area (Å²) in [5, 5.41) is 3.51. The first-order chi connectivity index (χ1) is 7.42. The summed E-state index contributed by atoms with van der Waals surface area (Å²) >= 11 is 1.80. The maximum absolute atomic E-state index is 5.65. The highest BCUT2D eigenvalue weighted by Crippen LogP contribution is 2.24. The van der Waals surface area contributed by atoms with Crippen molar-refractivity contribution in [3.05, 3.63) is 35.2 Å². The van der Waals surface area contributed by atoms with Gasteiger partial charge in [-0.2, -0.15) is 0 Å². The van der Waals surface area contributed by atoms with Crippen LogP contribution in [0.1, 0.15) is 18.4 Å². The van der Waals surface area contributed by atoms with E-state index < -0.39 is 0 Å². The molecule has 1 fully saturated rings. The average molecular weight is 218 g/mol. The van der Waals surface area contributed by atoms with Crippen molar-refractivity contribution in [3.8, 4) is 0 Å². The summed E-state index contributed by atoms with van der Waals surface area (Å²) in [6, 6.07) is 8.90. The molecule has 0 bridgehead atoms. The Bertz CT molecular complexity index is 456. The predicted molar refractivity (Wildman–Crippen MR) is 64.5 cm³/mol. The van der Waals surface area contributed by atoms with Gasteiger partial charge >= 0.3 is 0 Å². The fourth-order valence-corrected chi connectivity index (χ4v) is 2.52. The van der Waals surface area contributed by atoms with Crippen molar-refractivity contribution in [2.45, 2.75) is 25.4 Å². The van der Waals surface area contributed by atoms with Crippen molar-refractivity contribution in [2.75, 3.05) is 6.61 Å². The van der Waals surface area contributed by atoms with Gasteiger partial charge in [0.25, 0.3) is 0 Å². The fraction of sp³-hybridized carbons (Fsp3) is 0.385. The molecule has 1 aliphatic rings. The highest BCUT2D eigenvalue weighted by atomic mass is 32.1. The summed E-state index contributed by atoms with van der Waals surface area (Å²) in [6.07, 6.45) is 4.16. The van der Waals surface area contributed by atoms with Gasteiger partial charge in [-0.3, -0.25) is 0 Å². The second-order valence-corrected chi connectivity index (χ2v) is 5.06. The van der Waals surface area contributed by atoms with Crippen molar-refractivity contribution >= 4 is 21.4 Å². The van der Waals surface area contributed by atoms with Crippen LogP contribution in [0.15, 0.2) is 29.6 Å². The van der Waals surface area contributed by atoms with Gasteiger partial charge in [-0.05, 0) is 47.7 Å². The van der Waals surface area contributed by atoms with E-state index in [4.69, 9.17) is 4.74 Å². The molecule has 1 aromatic carbocycles. The highest BCUT2D eigenvalue weighted by molar-refractivity contribution is 7.17. The lowest BCUT2D eigenvalue weighted by molar-refractivity contribution is 0.122. The molecule has 15 heavy (non-hydrogen) atoms. The van der Waals surface area contributed by atoms with Gasteiger partial charge in [0.15, 0.2) is 0 Å². The zero-order chi connectivity index (χ0) is 10.1. The summed E-state index contributed by atoms with van der Waals surface area (Å²) in [7, 11) is 0. The van der Waals surface area contributed by atoms with Gasteiger partial charge in [-0.25, -0.2) is 0 Å². The topological polar surface area (TPSA) is 9.23 Å². The number of rotatable bonds is 4. The van der Waals surface area contributed by atoms with Crippen LogP contribution in [0, 0.1) is 0 Å². The molecule has 0 aliphatic heterocycles. The third kappa shape index (κ3) is 2.21. The molecule has 0 radical (unpaired) electrons. The molecule has 2 heteroatoms. The van der Waals surface area contributed by atoms with E-state index in [0.717, 1.165) is 13.0 Å². The molecular weight excluding hydrogens is 204 g/mol. The Kier molecular flexibility index (Phi) is 2.47. The molecule has 1 aromatic heterocycles. The second kappa shape index (κ2) is 3.95. The predicted octanol–water partition coefficient (Wildman–Crippen LogP) is 3.62. The van der Waals surface area contributed by atoms with E-state index in [1.165, 1.54) is 28.5 Å². The molecule has 0 unspecified atom stereocenters. The van der Waals surface area contributed by atoms with Crippen molar-refractivity contribution < 1.29 is 4.74 Å². The first kappa shape index (κ1) is 9.37. The Labute approximate surface area is 93.7 Å². The number of thiophene rings is 1. The lowest BCUT2D eigenvalue weighted by Gasteiger charge is -2.02. The normalized spacial score (nSPS) is 16.0. The largest absolute Gasteiger partial charge is 0.378 e. The molecule has 3 rings (SSSR count). The number of fused-ring (bicyclic) bond motifs is 1. The quantitative estimate of drug-likeness (QED) is 0.761. The van der Waals surface area contributed by atoms with E-state index in [1.54, 1.807) is 11.3 Å². The molecular formula is C13H14OS. The van der Waals surface area contributed by atoms with Crippen LogP contribution in [-0.4, -0.2) is 12.7 Å². The number of hydrogen-bond acceptors (Lipinski definition) is 2. The molecule has 0 spiro atoms. The van der Waals surface area contributed by atoms with E-state index in [9.17, 15) is 0 Å². The third-order valence-corrected chi connectivity index (χ3v) is 3.68. The molecule has 0 amide bonds. The standard InChI is InChI=1S/C13H14OS/c1-4-13-11(6-8-15-13)9-10(1)5-7-14-12-2-3-12/h1,4,6,8-9,12H,2-3,5,7H2. The smallest absolute Gasteiger partial charge is 0.0577 e. The highest BCUT2D eigenvalue weighted by Gasteiger charge is 2.21. The van der Waals surface area contributed by atoms with Crippen LogP contribution in [0.25, 0.3) is 10.1 Å². The Morgan fingerprint density at radius 1 is 1.27 bits per heavy atom. The molecule has 78 valence electrons. The van der Waals surface area contributed by atoms with Crippen LogP contribution in [0.4, 0.5) is 0 Å². The minimum Gasteiger partial charge on any atom is -0.378 e. The van der Waals surface area contributed by atoms with Gasteiger partial charge in [-0.15, -0.1) is 11.3 Å². The minimum absolute atomic E-state index is 0.579. The van der Waals surface area contributed by atoms with E-state index in [0.29, 0.717) is 6.10 Å². The molecule has 1 heterocycles. The molecule has 0 saturated heterocycles. The van der Waals surface area contributed by atoms with Gasteiger partial charge in [0, 0.05) is 4.70 Å². The van der Waals surface area contributed by atoms with E-state index in [2.05, 4.69) is 29.6 Å². The van der Waals surface area contributed by atoms with Crippen LogP contribution in [0.3, 0.4) is 0 Å². The average Bonchev–Trinajstić information content (AvgIpc) is 2.95. The van der Waals surface area contributed by atoms with Crippen molar-refractivity contribution in [2.24, 2.45) is 0 Å². The first-order valence-electron chi connectivity index (χ1n) is 5.49. The summed E-state index contributed by atoms with van der Waals surface area (Å²) in [5.41, 5.74) is 1.39. The summed E-state index contributed by atoms with van der Waals surface area (Å²) in [5.74, 6) is 0. The molecule has 0 N–H and O–H groups in total. The van der Waals surface area contributed by atoms with Crippen LogP contribution in [-0.2, 0) is 11.2 Å². The van der Waals surface area contributed by atoms with Gasteiger partial charge < -0.3 is 4.74 Å². The molecule has 1 saturated carbocycles. The Hall–Kier alpha value is -0.860. The van der Waals surface area contributed by atoms with Crippen molar-refractivity contribution in [1.82, 2.24) is 0 Å². The monoisotopic (exact) mass is 218 g/mol. The SMILES string of the molecule is c1cc2cc(CCOC3CC3)ccc2s1. The molecule has 1 nitrogen and oxygen atoms in total. The number of hydrogen-bond donors (Lipinski definition) is 0. The van der Waals surface area contributed by atoms with Crippen molar-refractivity contribution in [1.29, 1.82) is 0 Å². The van der Waals surface area contributed by atoms with Gasteiger partial charge in [0.05, 0.1) is 12.7 Å². The van der Waals surface area contributed by atoms with Gasteiger partial charge in [0.2, 0.25) is 0 Å². The van der Waals surface area contributed by atoms with Crippen LogP contribution in [0.2, 0.25) is 0 Å². The molecule has 2 aromatic rings. The zero-order valence-corrected chi connectivity index (χ0v) is 9.43. The summed E-state index contributed by atoms with van der Waals surface area (Å²) in [4.78, 5) is 0. The summed E-state index contributed by atoms with van der Waals surface area (Å²) < 4.78 is 7.03. The zero-order valence-electron chi connectivity index (χ0n) is 8.61. The van der Waals surface area contributed by atoms with Gasteiger partial charge in [-0.1, -0.05) is 12.1 Å². The van der Waals surface area contributed by atoms with Crippen LogP contribution < -0.4 is 0 Å². The molecule has 1 aliphatic carbocycles. The van der Waals surface area contributed by atoms with Crippen molar-refractivity contribution in [3.63, 3.8) is 0 Å². The number of ether oxygens (including phenoxy) is 1. The Morgan fingerprint density at radius 2 is 2.20 bits per heavy atom. The lowest BCUT2D eigenvalue weighted by atomic mass is 10.1. The van der Waals surface area contributed by atoms with E-state index in [1.807, 2.05) is 0 Å². The maximum atomic E-state index is 5.65. The van der Waals surface area contributed by atoms with Crippen LogP contribution in [0.5, 0.6) is 0 Å². The van der Waals surface area contributed by atoms with E-state index in [-0.39, 0.29) is 0 Å². The summed E-state index contributed by atoms with van der Waals surface area (Å²) in [6.45, 7) is 0.875. The first-order valence-corrected chi connectivity index (χ1v) is 6.37. The second-order valence-electron chi connectivity index (χ2n) is 4.11. The van der Waals surface area contributed by atoms with Gasteiger partial charge in [0.1, 0.15) is 0 Å². The Balaban J connectivity index is 1.67. The number of benzene rings is 1. The maximum Gasteiger partial charge on any atom is 0.0577 e. The molecule has 0 atom stereocenters. The Morgan fingerprint density at radius 3 is 3.07 bits per heavy atom.